The zero-order valence-corrected chi connectivity index (χ0v) is 10.3. The van der Waals surface area contributed by atoms with Crippen molar-refractivity contribution in [3.63, 3.8) is 0 Å². The molecule has 0 saturated heterocycles. The van der Waals surface area contributed by atoms with Gasteiger partial charge in [0.2, 0.25) is 0 Å². The lowest BCUT2D eigenvalue weighted by Crippen LogP contribution is -2.05. The maximum Gasteiger partial charge on any atom is 0.345 e. The van der Waals surface area contributed by atoms with Gasteiger partial charge < -0.3 is 9.84 Å². The Bertz CT molecular complexity index is 745. The van der Waals surface area contributed by atoms with Crippen molar-refractivity contribution in [2.45, 2.75) is 6.61 Å². The lowest BCUT2D eigenvalue weighted by atomic mass is 10.0. The molecule has 2 aromatic rings. The zero-order chi connectivity index (χ0) is 13.6. The van der Waals surface area contributed by atoms with E-state index in [2.05, 4.69) is 0 Å². The number of thiophene rings is 1. The monoisotopic (exact) mass is 275 g/mol. The number of carbonyl (C=O) groups is 1. The first kappa shape index (κ1) is 11.7. The molecule has 0 unspecified atom stereocenters. The van der Waals surface area contributed by atoms with Crippen molar-refractivity contribution in [3.05, 3.63) is 40.0 Å². The summed E-state index contributed by atoms with van der Waals surface area (Å²) in [5.41, 5.74) is 1.32. The second-order valence-electron chi connectivity index (χ2n) is 4.01. The van der Waals surface area contributed by atoms with Gasteiger partial charge >= 0.3 is 5.97 Å². The van der Waals surface area contributed by atoms with Gasteiger partial charge in [0.15, 0.2) is 11.6 Å². The molecule has 94 valence electrons. The van der Waals surface area contributed by atoms with E-state index in [9.17, 15) is 9.18 Å². The van der Waals surface area contributed by atoms with E-state index in [1.807, 2.05) is 6.07 Å². The number of ether oxygens (including phenoxy) is 1. The molecule has 0 radical (unpaired) electrons. The summed E-state index contributed by atoms with van der Waals surface area (Å²) in [7, 11) is 0. The van der Waals surface area contributed by atoms with Crippen LogP contribution in [-0.4, -0.2) is 11.1 Å². The number of nitriles is 1. The van der Waals surface area contributed by atoms with E-state index in [4.69, 9.17) is 15.1 Å². The molecular weight excluding hydrogens is 269 g/mol. The lowest BCUT2D eigenvalue weighted by molar-refractivity contribution is 0.0702. The predicted octanol–water partition coefficient (Wildman–Crippen LogP) is 3.02. The number of halogens is 1. The fourth-order valence-electron chi connectivity index (χ4n) is 1.99. The number of hydrogen-bond acceptors (Lipinski definition) is 4. The smallest absolute Gasteiger partial charge is 0.345 e. The number of nitrogens with zero attached hydrogens (tertiary/aromatic N) is 1. The zero-order valence-electron chi connectivity index (χ0n) is 9.44. The van der Waals surface area contributed by atoms with Crippen LogP contribution in [0.1, 0.15) is 20.8 Å². The van der Waals surface area contributed by atoms with Gasteiger partial charge in [-0.25, -0.2) is 9.18 Å². The van der Waals surface area contributed by atoms with Gasteiger partial charge in [0.1, 0.15) is 11.5 Å². The number of benzene rings is 1. The van der Waals surface area contributed by atoms with Crippen molar-refractivity contribution < 1.29 is 19.0 Å². The highest BCUT2D eigenvalue weighted by molar-refractivity contribution is 7.17. The molecule has 0 bridgehead atoms. The summed E-state index contributed by atoms with van der Waals surface area (Å²) in [5.74, 6) is -1.56. The molecule has 0 spiro atoms. The molecular formula is C13H6FNO3S. The average molecular weight is 275 g/mol. The maximum absolute atomic E-state index is 13.8. The molecule has 0 fully saturated rings. The first-order chi connectivity index (χ1) is 9.10. The Morgan fingerprint density at radius 3 is 2.95 bits per heavy atom. The summed E-state index contributed by atoms with van der Waals surface area (Å²) in [5, 5.41) is 17.8. The fourth-order valence-corrected chi connectivity index (χ4v) is 3.01. The molecule has 6 heteroatoms. The summed E-state index contributed by atoms with van der Waals surface area (Å²) >= 11 is 1.06. The molecule has 4 nitrogen and oxygen atoms in total. The first-order valence-electron chi connectivity index (χ1n) is 5.33. The van der Waals surface area contributed by atoms with Gasteiger partial charge in [0.25, 0.3) is 0 Å². The molecule has 1 aliphatic rings. The molecule has 2 heterocycles. The van der Waals surface area contributed by atoms with E-state index in [0.717, 1.165) is 17.4 Å². The van der Waals surface area contributed by atoms with Crippen molar-refractivity contribution in [1.29, 1.82) is 5.26 Å². The lowest BCUT2D eigenvalue weighted by Gasteiger charge is -2.18. The second kappa shape index (κ2) is 4.07. The SMILES string of the molecule is N#Cc1cc(F)c2c(c1)-c1sc(C(=O)O)cc1CO2. The van der Waals surface area contributed by atoms with Crippen molar-refractivity contribution in [2.75, 3.05) is 0 Å². The van der Waals surface area contributed by atoms with Crippen LogP contribution in [0.25, 0.3) is 10.4 Å². The molecule has 19 heavy (non-hydrogen) atoms. The van der Waals surface area contributed by atoms with Crippen molar-refractivity contribution in [1.82, 2.24) is 0 Å². The number of aromatic carboxylic acids is 1. The quantitative estimate of drug-likeness (QED) is 0.868. The standard InChI is InChI=1S/C13H6FNO3S/c14-9-2-6(4-15)1-8-11(9)18-5-7-3-10(13(16)17)19-12(7)8/h1-3H,5H2,(H,16,17). The van der Waals surface area contributed by atoms with Crippen molar-refractivity contribution in [3.8, 4) is 22.3 Å². The number of fused-ring (bicyclic) bond motifs is 3. The van der Waals surface area contributed by atoms with Crippen molar-refractivity contribution in [2.24, 2.45) is 0 Å². The highest BCUT2D eigenvalue weighted by Crippen LogP contribution is 2.44. The van der Waals surface area contributed by atoms with Crippen LogP contribution < -0.4 is 4.74 Å². The summed E-state index contributed by atoms with van der Waals surface area (Å²) in [6.45, 7) is 0.134. The normalized spacial score (nSPS) is 12.0. The first-order valence-corrected chi connectivity index (χ1v) is 6.14. The van der Waals surface area contributed by atoms with Crippen LogP contribution in [0, 0.1) is 17.1 Å². The van der Waals surface area contributed by atoms with E-state index in [0.29, 0.717) is 16.0 Å². The molecule has 0 aliphatic carbocycles. The van der Waals surface area contributed by atoms with E-state index in [1.54, 1.807) is 0 Å². The van der Waals surface area contributed by atoms with Crippen LogP contribution in [0.4, 0.5) is 4.39 Å². The third-order valence-corrected chi connectivity index (χ3v) is 4.01. The van der Waals surface area contributed by atoms with Gasteiger partial charge in [0, 0.05) is 16.0 Å². The van der Waals surface area contributed by atoms with Crippen LogP contribution in [0.2, 0.25) is 0 Å². The number of rotatable bonds is 1. The van der Waals surface area contributed by atoms with Crippen LogP contribution in [0.5, 0.6) is 5.75 Å². The summed E-state index contributed by atoms with van der Waals surface area (Å²) in [6, 6.07) is 6.01. The van der Waals surface area contributed by atoms with E-state index in [1.165, 1.54) is 12.1 Å². The molecule has 0 saturated carbocycles. The highest BCUT2D eigenvalue weighted by atomic mass is 32.1. The number of carboxylic acids is 1. The maximum atomic E-state index is 13.8. The Labute approximate surface area is 111 Å². The second-order valence-corrected chi connectivity index (χ2v) is 5.06. The predicted molar refractivity (Wildman–Crippen MR) is 65.7 cm³/mol. The molecule has 1 aromatic carbocycles. The molecule has 1 aliphatic heterocycles. The Morgan fingerprint density at radius 2 is 2.26 bits per heavy atom. The van der Waals surface area contributed by atoms with Gasteiger partial charge in [-0.1, -0.05) is 0 Å². The van der Waals surface area contributed by atoms with Crippen LogP contribution in [-0.2, 0) is 6.61 Å². The van der Waals surface area contributed by atoms with Gasteiger partial charge in [0.05, 0.1) is 11.6 Å². The molecule has 1 aromatic heterocycles. The number of carboxylic acid groups (broad SMARTS) is 1. The van der Waals surface area contributed by atoms with Gasteiger partial charge in [-0.2, -0.15) is 5.26 Å². The van der Waals surface area contributed by atoms with E-state index >= 15 is 0 Å². The topological polar surface area (TPSA) is 70.3 Å². The average Bonchev–Trinajstić information content (AvgIpc) is 2.83. The Kier molecular flexibility index (Phi) is 2.50. The van der Waals surface area contributed by atoms with Crippen LogP contribution in [0.15, 0.2) is 18.2 Å². The third-order valence-electron chi connectivity index (χ3n) is 2.81. The summed E-state index contributed by atoms with van der Waals surface area (Å²) < 4.78 is 19.1. The van der Waals surface area contributed by atoms with Gasteiger partial charge in [-0.05, 0) is 18.2 Å². The minimum Gasteiger partial charge on any atom is -0.485 e. The molecule has 0 amide bonds. The van der Waals surface area contributed by atoms with Crippen LogP contribution in [0.3, 0.4) is 0 Å². The third kappa shape index (κ3) is 1.75. The Balaban J connectivity index is 2.25. The minimum absolute atomic E-state index is 0.0743. The highest BCUT2D eigenvalue weighted by Gasteiger charge is 2.25. The Hall–Kier alpha value is -2.39. The van der Waals surface area contributed by atoms with Gasteiger partial charge in [-0.3, -0.25) is 0 Å². The van der Waals surface area contributed by atoms with E-state index < -0.39 is 11.8 Å². The fraction of sp³-hybridized carbons (Fsp3) is 0.0769. The largest absolute Gasteiger partial charge is 0.485 e. The molecule has 0 atom stereocenters. The summed E-state index contributed by atoms with van der Waals surface area (Å²) in [4.78, 5) is 11.8. The Morgan fingerprint density at radius 1 is 1.47 bits per heavy atom. The molecule has 1 N–H and O–H groups in total. The van der Waals surface area contributed by atoms with Gasteiger partial charge in [-0.15, -0.1) is 11.3 Å². The van der Waals surface area contributed by atoms with Crippen molar-refractivity contribution >= 4 is 17.3 Å². The number of hydrogen-bond donors (Lipinski definition) is 1. The summed E-state index contributed by atoms with van der Waals surface area (Å²) in [6.07, 6.45) is 0. The minimum atomic E-state index is -1.03. The van der Waals surface area contributed by atoms with Crippen LogP contribution >= 0.6 is 11.3 Å². The van der Waals surface area contributed by atoms with E-state index in [-0.39, 0.29) is 22.8 Å². The molecule has 3 rings (SSSR count).